The van der Waals surface area contributed by atoms with Crippen LogP contribution in [0.15, 0.2) is 18.2 Å². The molecule has 2 aliphatic rings. The summed E-state index contributed by atoms with van der Waals surface area (Å²) in [5, 5.41) is 0. The van der Waals surface area contributed by atoms with Gasteiger partial charge in [0.25, 0.3) is 0 Å². The largest absolute Gasteiger partial charge is 0.493 e. The van der Waals surface area contributed by atoms with E-state index in [-0.39, 0.29) is 15.5 Å². The Morgan fingerprint density at radius 1 is 0.889 bits per heavy atom. The highest BCUT2D eigenvalue weighted by atomic mass is 28.3. The minimum atomic E-state index is -0.848. The van der Waals surface area contributed by atoms with Crippen molar-refractivity contribution in [1.29, 1.82) is 0 Å². The molecule has 1 aromatic carbocycles. The predicted octanol–water partition coefficient (Wildman–Crippen LogP) is 6.80. The number of hydrogen-bond donors (Lipinski definition) is 0. The van der Waals surface area contributed by atoms with E-state index in [4.69, 9.17) is 4.74 Å². The van der Waals surface area contributed by atoms with Crippen LogP contribution in [0.4, 0.5) is 13.2 Å². The maximum Gasteiger partial charge on any atom is 0.162 e. The lowest BCUT2D eigenvalue weighted by atomic mass is 9.74. The molecule has 3 rings (SSSR count). The van der Waals surface area contributed by atoms with Gasteiger partial charge in [-0.15, -0.1) is 0 Å². The number of halogens is 3. The Morgan fingerprint density at radius 2 is 1.59 bits per heavy atom. The molecule has 1 aromatic rings. The molecule has 1 nitrogen and oxygen atoms in total. The van der Waals surface area contributed by atoms with Crippen molar-refractivity contribution in [2.24, 2.45) is 17.8 Å². The maximum atomic E-state index is 13.2. The second-order valence-corrected chi connectivity index (χ2v) is 11.4. The first-order chi connectivity index (χ1) is 13.2. The lowest BCUT2D eigenvalue weighted by Gasteiger charge is -2.37. The van der Waals surface area contributed by atoms with Crippen LogP contribution in [0.5, 0.6) is 5.75 Å². The summed E-state index contributed by atoms with van der Waals surface area (Å²) in [6.45, 7) is 0.449. The van der Waals surface area contributed by atoms with Crippen molar-refractivity contribution in [3.8, 4) is 5.75 Å². The number of rotatable bonds is 8. The summed E-state index contributed by atoms with van der Waals surface area (Å²) >= 11 is 0. The van der Waals surface area contributed by atoms with Gasteiger partial charge in [0.15, 0.2) is 11.6 Å². The van der Waals surface area contributed by atoms with Crippen LogP contribution in [0.1, 0.15) is 51.4 Å². The van der Waals surface area contributed by atoms with E-state index in [2.05, 4.69) is 0 Å². The molecule has 0 atom stereocenters. The fourth-order valence-corrected chi connectivity index (χ4v) is 7.90. The molecule has 0 bridgehead atoms. The first-order valence-corrected chi connectivity index (χ1v) is 12.7. The third kappa shape index (κ3) is 6.26. The van der Waals surface area contributed by atoms with Crippen LogP contribution >= 0.6 is 0 Å². The minimum absolute atomic E-state index is 0.152. The van der Waals surface area contributed by atoms with Gasteiger partial charge in [0.05, 0.1) is 13.3 Å². The molecule has 0 amide bonds. The molecule has 2 fully saturated rings. The number of ether oxygens (including phenoxy) is 1. The van der Waals surface area contributed by atoms with E-state index in [1.54, 1.807) is 0 Å². The minimum Gasteiger partial charge on any atom is -0.493 e. The van der Waals surface area contributed by atoms with Crippen LogP contribution in [0.2, 0.25) is 18.1 Å². The molecule has 1 aliphatic carbocycles. The summed E-state index contributed by atoms with van der Waals surface area (Å²) in [7, 11) is -0.191. The van der Waals surface area contributed by atoms with Crippen molar-refractivity contribution in [2.75, 3.05) is 13.3 Å². The summed E-state index contributed by atoms with van der Waals surface area (Å²) in [5.41, 5.74) is 0. The van der Waals surface area contributed by atoms with E-state index in [9.17, 15) is 13.2 Å². The van der Waals surface area contributed by atoms with E-state index in [0.29, 0.717) is 18.3 Å². The molecule has 5 heteroatoms. The van der Waals surface area contributed by atoms with Gasteiger partial charge in [0, 0.05) is 14.9 Å². The van der Waals surface area contributed by atoms with Crippen LogP contribution in [0.3, 0.4) is 0 Å². The van der Waals surface area contributed by atoms with E-state index < -0.39 is 11.6 Å². The van der Waals surface area contributed by atoms with Gasteiger partial charge >= 0.3 is 0 Å². The average Bonchev–Trinajstić information content (AvgIpc) is 2.70. The number of unbranched alkanes of at least 4 members (excludes halogenated alkanes) is 1. The zero-order valence-electron chi connectivity index (χ0n) is 16.2. The normalized spacial score (nSPS) is 24.9. The molecular formula is C22H32F3OSi. The molecule has 1 heterocycles. The second kappa shape index (κ2) is 10.5. The first kappa shape index (κ1) is 20.8. The second-order valence-electron chi connectivity index (χ2n) is 8.40. The third-order valence-electron chi connectivity index (χ3n) is 6.59. The highest BCUT2D eigenvalue weighted by Crippen LogP contribution is 2.41. The fourth-order valence-electron chi connectivity index (χ4n) is 4.85. The van der Waals surface area contributed by atoms with Crippen molar-refractivity contribution in [1.82, 2.24) is 0 Å². The van der Waals surface area contributed by atoms with Gasteiger partial charge in [0.2, 0.25) is 0 Å². The average molecular weight is 398 g/mol. The molecular weight excluding hydrogens is 365 g/mol. The molecule has 0 aromatic heterocycles. The van der Waals surface area contributed by atoms with Gasteiger partial charge in [-0.05, 0) is 62.0 Å². The first-order valence-electron chi connectivity index (χ1n) is 10.6. The van der Waals surface area contributed by atoms with Crippen LogP contribution in [0.25, 0.3) is 0 Å². The topological polar surface area (TPSA) is 9.23 Å². The van der Waals surface area contributed by atoms with E-state index in [0.717, 1.165) is 36.8 Å². The summed E-state index contributed by atoms with van der Waals surface area (Å²) in [6.07, 6.45) is 9.56. The lowest BCUT2D eigenvalue weighted by molar-refractivity contribution is 0.147. The number of hydrogen-bond acceptors (Lipinski definition) is 1. The smallest absolute Gasteiger partial charge is 0.162 e. The summed E-state index contributed by atoms with van der Waals surface area (Å²) in [4.78, 5) is 0. The highest BCUT2D eigenvalue weighted by molar-refractivity contribution is 6.58. The summed E-state index contributed by atoms with van der Waals surface area (Å²) < 4.78 is 44.2. The number of benzene rings is 1. The zero-order valence-corrected chi connectivity index (χ0v) is 17.2. The van der Waals surface area contributed by atoms with Gasteiger partial charge in [-0.3, -0.25) is 4.39 Å². The Morgan fingerprint density at radius 3 is 2.26 bits per heavy atom. The van der Waals surface area contributed by atoms with Gasteiger partial charge in [-0.25, -0.2) is 8.78 Å². The Bertz CT molecular complexity index is 567. The van der Waals surface area contributed by atoms with Crippen molar-refractivity contribution in [2.45, 2.75) is 69.5 Å². The van der Waals surface area contributed by atoms with Gasteiger partial charge in [0.1, 0.15) is 5.75 Å². The van der Waals surface area contributed by atoms with Gasteiger partial charge < -0.3 is 4.74 Å². The highest BCUT2D eigenvalue weighted by Gasteiger charge is 2.31. The summed E-state index contributed by atoms with van der Waals surface area (Å²) in [5.74, 6) is 1.03. The molecule has 1 saturated carbocycles. The molecule has 151 valence electrons. The van der Waals surface area contributed by atoms with Crippen LogP contribution in [-0.4, -0.2) is 22.1 Å². The third-order valence-corrected chi connectivity index (χ3v) is 9.64. The monoisotopic (exact) mass is 397 g/mol. The van der Waals surface area contributed by atoms with E-state index in [1.807, 2.05) is 0 Å². The molecule has 1 radical (unpaired) electrons. The van der Waals surface area contributed by atoms with E-state index in [1.165, 1.54) is 62.7 Å². The van der Waals surface area contributed by atoms with Crippen molar-refractivity contribution in [3.63, 3.8) is 0 Å². The Kier molecular flexibility index (Phi) is 8.10. The SMILES string of the molecule is FCCCC[Si]1CCC(C2CCC(COc3ccc(F)c(F)c3)CC2)CC1. The standard InChI is InChI=1S/C22H32F3OSi/c23-11-1-2-12-27-13-9-19(10-14-27)18-5-3-17(4-6-18)16-26-20-7-8-21(24)22(25)15-20/h7-8,15,17-19H,1-6,9-14,16H2. The molecule has 27 heavy (non-hydrogen) atoms. The quantitative estimate of drug-likeness (QED) is 0.346. The maximum absolute atomic E-state index is 13.2. The van der Waals surface area contributed by atoms with Crippen molar-refractivity contribution in [3.05, 3.63) is 29.8 Å². The zero-order chi connectivity index (χ0) is 19.1. The van der Waals surface area contributed by atoms with Crippen molar-refractivity contribution < 1.29 is 17.9 Å². The molecule has 0 N–H and O–H groups in total. The van der Waals surface area contributed by atoms with Crippen LogP contribution in [-0.2, 0) is 0 Å². The van der Waals surface area contributed by atoms with Gasteiger partial charge in [-0.2, -0.15) is 0 Å². The van der Waals surface area contributed by atoms with E-state index >= 15 is 0 Å². The Hall–Kier alpha value is -0.973. The van der Waals surface area contributed by atoms with Crippen molar-refractivity contribution >= 4 is 8.80 Å². The number of alkyl halides is 1. The van der Waals surface area contributed by atoms with Crippen LogP contribution < -0.4 is 4.74 Å². The molecule has 1 saturated heterocycles. The Labute approximate surface area is 163 Å². The Balaban J connectivity index is 1.34. The molecule has 0 unspecified atom stereocenters. The van der Waals surface area contributed by atoms with Gasteiger partial charge in [-0.1, -0.05) is 37.4 Å². The predicted molar refractivity (Wildman–Crippen MR) is 105 cm³/mol. The molecule has 0 spiro atoms. The summed E-state index contributed by atoms with van der Waals surface area (Å²) in [6, 6.07) is 7.93. The molecule has 1 aliphatic heterocycles. The van der Waals surface area contributed by atoms with Crippen LogP contribution in [0, 0.1) is 29.4 Å². The fraction of sp³-hybridized carbons (Fsp3) is 0.727. The lowest BCUT2D eigenvalue weighted by Crippen LogP contribution is -2.29.